The number of amides is 1. The molecule has 3 heterocycles. The summed E-state index contributed by atoms with van der Waals surface area (Å²) in [5.74, 6) is 0.185. The first kappa shape index (κ1) is 21.3. The van der Waals surface area contributed by atoms with Gasteiger partial charge in [0, 0.05) is 37.0 Å². The largest absolute Gasteiger partial charge is 0.495 e. The van der Waals surface area contributed by atoms with Gasteiger partial charge >= 0.3 is 0 Å². The van der Waals surface area contributed by atoms with E-state index in [2.05, 4.69) is 5.32 Å². The van der Waals surface area contributed by atoms with E-state index in [4.69, 9.17) is 9.72 Å². The summed E-state index contributed by atoms with van der Waals surface area (Å²) in [4.78, 5) is 17.6. The van der Waals surface area contributed by atoms with Crippen molar-refractivity contribution in [2.45, 2.75) is 19.8 Å². The van der Waals surface area contributed by atoms with Crippen molar-refractivity contribution in [3.63, 3.8) is 0 Å². The minimum absolute atomic E-state index is 0.130. The van der Waals surface area contributed by atoms with Gasteiger partial charge in [0.15, 0.2) is 0 Å². The Morgan fingerprint density at radius 1 is 1.23 bits per heavy atom. The Morgan fingerprint density at radius 2 is 1.97 bits per heavy atom. The van der Waals surface area contributed by atoms with Crippen molar-refractivity contribution in [3.8, 4) is 17.0 Å². The normalized spacial score (nSPS) is 15.8. The fourth-order valence-electron chi connectivity index (χ4n) is 3.94. The third kappa shape index (κ3) is 4.42. The summed E-state index contributed by atoms with van der Waals surface area (Å²) in [6.07, 6.45) is 6.09. The summed E-state index contributed by atoms with van der Waals surface area (Å²) >= 11 is 0. The number of benzene rings is 1. The van der Waals surface area contributed by atoms with Gasteiger partial charge in [-0.05, 0) is 49.6 Å². The first-order chi connectivity index (χ1) is 14.8. The van der Waals surface area contributed by atoms with Gasteiger partial charge < -0.3 is 14.5 Å². The van der Waals surface area contributed by atoms with Crippen LogP contribution in [0.4, 0.5) is 5.69 Å². The van der Waals surface area contributed by atoms with Crippen LogP contribution in [0.3, 0.4) is 0 Å². The van der Waals surface area contributed by atoms with Gasteiger partial charge in [-0.3, -0.25) is 4.79 Å². The maximum absolute atomic E-state index is 12.9. The highest BCUT2D eigenvalue weighted by Crippen LogP contribution is 2.32. The van der Waals surface area contributed by atoms with Crippen LogP contribution < -0.4 is 10.1 Å². The molecule has 164 valence electrons. The third-order valence-electron chi connectivity index (χ3n) is 5.72. The summed E-state index contributed by atoms with van der Waals surface area (Å²) in [6, 6.07) is 9.58. The fraction of sp³-hybridized carbons (Fsp3) is 0.364. The zero-order valence-corrected chi connectivity index (χ0v) is 18.6. The van der Waals surface area contributed by atoms with Crippen molar-refractivity contribution >= 4 is 27.3 Å². The number of fused-ring (bicyclic) bond motifs is 1. The Morgan fingerprint density at radius 3 is 2.61 bits per heavy atom. The maximum Gasteiger partial charge on any atom is 0.227 e. The first-order valence-electron chi connectivity index (χ1n) is 10.1. The molecule has 4 rings (SSSR count). The highest BCUT2D eigenvalue weighted by Gasteiger charge is 2.29. The molecule has 0 aliphatic carbocycles. The van der Waals surface area contributed by atoms with Gasteiger partial charge in [0.25, 0.3) is 0 Å². The summed E-state index contributed by atoms with van der Waals surface area (Å²) < 4.78 is 32.2. The van der Waals surface area contributed by atoms with E-state index >= 15 is 0 Å². The number of anilines is 1. The molecule has 3 aromatic rings. The number of aryl methyl sites for hydroxylation is 1. The summed E-state index contributed by atoms with van der Waals surface area (Å²) in [6.45, 7) is 2.73. The van der Waals surface area contributed by atoms with Crippen molar-refractivity contribution in [2.75, 3.05) is 31.8 Å². The molecule has 0 atom stereocenters. The smallest absolute Gasteiger partial charge is 0.227 e. The van der Waals surface area contributed by atoms with Gasteiger partial charge in [-0.2, -0.15) is 0 Å². The summed E-state index contributed by atoms with van der Waals surface area (Å²) in [5.41, 5.74) is 4.21. The van der Waals surface area contributed by atoms with Gasteiger partial charge in [0.2, 0.25) is 15.9 Å². The van der Waals surface area contributed by atoms with Crippen LogP contribution in [0.2, 0.25) is 0 Å². The van der Waals surface area contributed by atoms with Crippen LogP contribution in [-0.4, -0.2) is 54.5 Å². The fourth-order valence-corrected chi connectivity index (χ4v) is 4.82. The van der Waals surface area contributed by atoms with E-state index in [9.17, 15) is 13.2 Å². The lowest BCUT2D eigenvalue weighted by molar-refractivity contribution is -0.120. The average molecular weight is 443 g/mol. The topological polar surface area (TPSA) is 93.0 Å². The highest BCUT2D eigenvalue weighted by atomic mass is 32.2. The Kier molecular flexibility index (Phi) is 5.72. The van der Waals surface area contributed by atoms with E-state index in [0.29, 0.717) is 37.4 Å². The number of aromatic nitrogens is 2. The number of nitrogens with zero attached hydrogens (tertiary/aromatic N) is 3. The summed E-state index contributed by atoms with van der Waals surface area (Å²) in [7, 11) is -1.66. The second-order valence-electron chi connectivity index (χ2n) is 7.89. The molecule has 1 amide bonds. The van der Waals surface area contributed by atoms with E-state index in [1.165, 1.54) is 10.6 Å². The SMILES string of the molecule is COc1ccc(-c2cn3cccc(C)c3n2)cc1NC(=O)C1CCN(S(C)(=O)=O)CC1. The number of carbonyl (C=O) groups is 1. The average Bonchev–Trinajstić information content (AvgIpc) is 3.19. The lowest BCUT2D eigenvalue weighted by Gasteiger charge is -2.29. The molecule has 1 saturated heterocycles. The van der Waals surface area contributed by atoms with E-state index in [-0.39, 0.29) is 11.8 Å². The first-order valence-corrected chi connectivity index (χ1v) is 12.0. The standard InChI is InChI=1S/C22H26N4O4S/c1-15-5-4-10-25-14-19(23-21(15)25)17-6-7-20(30-2)18(13-17)24-22(27)16-8-11-26(12-9-16)31(3,28)29/h4-7,10,13-14,16H,8-9,11-12H2,1-3H3,(H,24,27). The number of hydrogen-bond donors (Lipinski definition) is 1. The second kappa shape index (κ2) is 8.32. The number of piperidine rings is 1. The molecule has 0 saturated carbocycles. The Bertz CT molecular complexity index is 1230. The molecule has 31 heavy (non-hydrogen) atoms. The minimum Gasteiger partial charge on any atom is -0.495 e. The van der Waals surface area contributed by atoms with E-state index in [1.807, 2.05) is 54.0 Å². The van der Waals surface area contributed by atoms with Crippen LogP contribution in [0.5, 0.6) is 5.75 Å². The molecule has 2 aromatic heterocycles. The van der Waals surface area contributed by atoms with Crippen LogP contribution in [0.15, 0.2) is 42.7 Å². The number of methoxy groups -OCH3 is 1. The van der Waals surface area contributed by atoms with Crippen molar-refractivity contribution in [1.29, 1.82) is 0 Å². The minimum atomic E-state index is -3.22. The number of ether oxygens (including phenoxy) is 1. The predicted octanol–water partition coefficient (Wildman–Crippen LogP) is 2.93. The summed E-state index contributed by atoms with van der Waals surface area (Å²) in [5, 5.41) is 2.97. The molecule has 1 aliphatic rings. The highest BCUT2D eigenvalue weighted by molar-refractivity contribution is 7.88. The van der Waals surface area contributed by atoms with Crippen LogP contribution in [0.25, 0.3) is 16.9 Å². The molecule has 1 aromatic carbocycles. The lowest BCUT2D eigenvalue weighted by Crippen LogP contribution is -2.40. The zero-order valence-electron chi connectivity index (χ0n) is 17.8. The molecule has 1 aliphatic heterocycles. The number of hydrogen-bond acceptors (Lipinski definition) is 5. The molecule has 0 radical (unpaired) electrons. The van der Waals surface area contributed by atoms with Crippen LogP contribution in [0, 0.1) is 12.8 Å². The predicted molar refractivity (Wildman–Crippen MR) is 120 cm³/mol. The second-order valence-corrected chi connectivity index (χ2v) is 9.87. The Balaban J connectivity index is 1.55. The Hall–Kier alpha value is -2.91. The van der Waals surface area contributed by atoms with Crippen molar-refractivity contribution in [2.24, 2.45) is 5.92 Å². The quantitative estimate of drug-likeness (QED) is 0.656. The van der Waals surface area contributed by atoms with Gasteiger partial charge in [-0.25, -0.2) is 17.7 Å². The van der Waals surface area contributed by atoms with E-state index in [1.54, 1.807) is 7.11 Å². The molecule has 8 nitrogen and oxygen atoms in total. The Labute approximate surface area is 181 Å². The monoisotopic (exact) mass is 442 g/mol. The van der Waals surface area contributed by atoms with Crippen molar-refractivity contribution in [1.82, 2.24) is 13.7 Å². The molecular formula is C22H26N4O4S. The number of carbonyl (C=O) groups excluding carboxylic acids is 1. The molecule has 0 unspecified atom stereocenters. The number of sulfonamides is 1. The molecule has 1 N–H and O–H groups in total. The number of nitrogens with one attached hydrogen (secondary N) is 1. The van der Waals surface area contributed by atoms with Crippen molar-refractivity contribution in [3.05, 3.63) is 48.3 Å². The van der Waals surface area contributed by atoms with Crippen LogP contribution in [0.1, 0.15) is 18.4 Å². The third-order valence-corrected chi connectivity index (χ3v) is 7.03. The maximum atomic E-state index is 12.9. The van der Waals surface area contributed by atoms with Crippen LogP contribution >= 0.6 is 0 Å². The molecule has 0 bridgehead atoms. The molecule has 9 heteroatoms. The zero-order chi connectivity index (χ0) is 22.2. The van der Waals surface area contributed by atoms with E-state index < -0.39 is 10.0 Å². The number of imidazole rings is 1. The van der Waals surface area contributed by atoms with Gasteiger partial charge in [-0.1, -0.05) is 6.07 Å². The van der Waals surface area contributed by atoms with Gasteiger partial charge in [-0.15, -0.1) is 0 Å². The van der Waals surface area contributed by atoms with E-state index in [0.717, 1.165) is 22.5 Å². The molecular weight excluding hydrogens is 416 g/mol. The van der Waals surface area contributed by atoms with Crippen LogP contribution in [-0.2, 0) is 14.8 Å². The number of rotatable bonds is 5. The molecule has 1 fully saturated rings. The number of pyridine rings is 1. The molecule has 0 spiro atoms. The van der Waals surface area contributed by atoms with Gasteiger partial charge in [0.1, 0.15) is 11.4 Å². The van der Waals surface area contributed by atoms with Gasteiger partial charge in [0.05, 0.1) is 24.7 Å². The lowest BCUT2D eigenvalue weighted by atomic mass is 9.97. The van der Waals surface area contributed by atoms with Crippen molar-refractivity contribution < 1.29 is 17.9 Å².